The molecule has 0 fully saturated rings. The number of nitrogens with one attached hydrogen (secondary N) is 1. The van der Waals surface area contributed by atoms with E-state index in [-0.39, 0.29) is 0 Å². The maximum Gasteiger partial charge on any atom is 0.416 e. The molecule has 0 spiro atoms. The number of benzene rings is 1. The van der Waals surface area contributed by atoms with Crippen molar-refractivity contribution < 1.29 is 27.8 Å². The minimum Gasteiger partial charge on any atom is -0.497 e. The first-order valence-corrected chi connectivity index (χ1v) is 7.02. The van der Waals surface area contributed by atoms with Crippen molar-refractivity contribution in [3.63, 3.8) is 0 Å². The quantitative estimate of drug-likeness (QED) is 0.740. The molecule has 1 rings (SSSR count). The third-order valence-electron chi connectivity index (χ3n) is 3.46. The van der Waals surface area contributed by atoms with E-state index in [0.29, 0.717) is 11.3 Å². The van der Waals surface area contributed by atoms with Crippen LogP contribution in [0.3, 0.4) is 0 Å². The molecular formula is C15H21F3N2O3. The third-order valence-corrected chi connectivity index (χ3v) is 3.46. The average molecular weight is 334 g/mol. The molecule has 0 aliphatic heterocycles. The van der Waals surface area contributed by atoms with E-state index in [1.165, 1.54) is 21.0 Å². The van der Waals surface area contributed by atoms with Crippen LogP contribution in [0.5, 0.6) is 5.75 Å². The molecule has 0 saturated heterocycles. The number of hydrogen-bond donors (Lipinski definition) is 3. The zero-order valence-corrected chi connectivity index (χ0v) is 13.1. The second-order valence-electron chi connectivity index (χ2n) is 5.52. The Hall–Kier alpha value is -1.80. The number of carbonyl (C=O) groups is 1. The summed E-state index contributed by atoms with van der Waals surface area (Å²) in [4.78, 5) is 12.1. The van der Waals surface area contributed by atoms with E-state index in [1.807, 2.05) is 0 Å². The second-order valence-corrected chi connectivity index (χ2v) is 5.52. The van der Waals surface area contributed by atoms with Gasteiger partial charge in [-0.1, -0.05) is 26.0 Å². The van der Waals surface area contributed by atoms with E-state index >= 15 is 0 Å². The number of nitrogens with two attached hydrogens (primary N) is 1. The number of ether oxygens (including phenoxy) is 1. The topological polar surface area (TPSA) is 84.6 Å². The molecule has 0 aromatic heterocycles. The smallest absolute Gasteiger partial charge is 0.416 e. The van der Waals surface area contributed by atoms with Crippen LogP contribution in [0.1, 0.15) is 25.5 Å². The Bertz CT molecular complexity index is 518. The molecule has 1 amide bonds. The molecule has 0 unspecified atom stereocenters. The molecule has 1 aromatic carbocycles. The number of halogens is 3. The van der Waals surface area contributed by atoms with Gasteiger partial charge in [-0.15, -0.1) is 0 Å². The van der Waals surface area contributed by atoms with Crippen molar-refractivity contribution in [2.24, 2.45) is 11.7 Å². The maximum atomic E-state index is 12.7. The summed E-state index contributed by atoms with van der Waals surface area (Å²) < 4.78 is 43.0. The van der Waals surface area contributed by atoms with Gasteiger partial charge in [0.15, 0.2) is 6.10 Å². The van der Waals surface area contributed by atoms with Crippen molar-refractivity contribution in [2.75, 3.05) is 7.11 Å². The van der Waals surface area contributed by atoms with Crippen LogP contribution in [0.4, 0.5) is 13.2 Å². The zero-order chi connectivity index (χ0) is 17.8. The first-order chi connectivity index (χ1) is 10.6. The van der Waals surface area contributed by atoms with Crippen molar-refractivity contribution in [2.45, 2.75) is 38.2 Å². The van der Waals surface area contributed by atoms with Crippen molar-refractivity contribution in [3.05, 3.63) is 29.8 Å². The first kappa shape index (κ1) is 19.2. The predicted molar refractivity (Wildman–Crippen MR) is 78.8 cm³/mol. The van der Waals surface area contributed by atoms with Crippen LogP contribution in [0.25, 0.3) is 0 Å². The maximum absolute atomic E-state index is 12.7. The fraction of sp³-hybridized carbons (Fsp3) is 0.533. The van der Waals surface area contributed by atoms with Crippen LogP contribution >= 0.6 is 0 Å². The monoisotopic (exact) mass is 334 g/mol. The van der Waals surface area contributed by atoms with Gasteiger partial charge < -0.3 is 20.9 Å². The number of hydrogen-bond acceptors (Lipinski definition) is 4. The third kappa shape index (κ3) is 5.11. The van der Waals surface area contributed by atoms with Gasteiger partial charge in [0, 0.05) is 0 Å². The van der Waals surface area contributed by atoms with Crippen molar-refractivity contribution in [1.82, 2.24) is 5.32 Å². The summed E-state index contributed by atoms with van der Waals surface area (Å²) in [5, 5.41) is 11.6. The summed E-state index contributed by atoms with van der Waals surface area (Å²) in [6.45, 7) is 2.94. The van der Waals surface area contributed by atoms with Gasteiger partial charge in [-0.2, -0.15) is 13.2 Å². The Balaban J connectivity index is 2.85. The number of aliphatic hydroxyl groups excluding tert-OH is 1. The summed E-state index contributed by atoms with van der Waals surface area (Å²) >= 11 is 0. The fourth-order valence-electron chi connectivity index (χ4n) is 2.03. The first-order valence-electron chi connectivity index (χ1n) is 7.02. The van der Waals surface area contributed by atoms with E-state index in [9.17, 15) is 23.1 Å². The fourth-order valence-corrected chi connectivity index (χ4v) is 2.03. The molecule has 0 bridgehead atoms. The van der Waals surface area contributed by atoms with Gasteiger partial charge >= 0.3 is 6.18 Å². The van der Waals surface area contributed by atoms with E-state index in [1.54, 1.807) is 24.3 Å². The molecule has 0 saturated carbocycles. The van der Waals surface area contributed by atoms with Gasteiger partial charge in [0.05, 0.1) is 13.2 Å². The van der Waals surface area contributed by atoms with Crippen molar-refractivity contribution in [1.29, 1.82) is 0 Å². The summed E-state index contributed by atoms with van der Waals surface area (Å²) in [7, 11) is 1.48. The largest absolute Gasteiger partial charge is 0.497 e. The Kier molecular flexibility index (Phi) is 6.40. The molecule has 8 heteroatoms. The van der Waals surface area contributed by atoms with Gasteiger partial charge in [-0.3, -0.25) is 4.79 Å². The number of alkyl halides is 3. The minimum atomic E-state index is -4.83. The molecule has 23 heavy (non-hydrogen) atoms. The normalized spacial score (nSPS) is 15.9. The summed E-state index contributed by atoms with van der Waals surface area (Å²) in [6.07, 6.45) is -7.48. The molecule has 3 atom stereocenters. The lowest BCUT2D eigenvalue weighted by atomic mass is 9.97. The number of amides is 1. The Labute approximate surface area is 132 Å². The van der Waals surface area contributed by atoms with Crippen LogP contribution in [0.15, 0.2) is 24.3 Å². The average Bonchev–Trinajstić information content (AvgIpc) is 2.49. The summed E-state index contributed by atoms with van der Waals surface area (Å²) in [5.41, 5.74) is 6.20. The summed E-state index contributed by atoms with van der Waals surface area (Å²) in [6, 6.07) is 3.65. The van der Waals surface area contributed by atoms with Crippen LogP contribution < -0.4 is 15.8 Å². The highest BCUT2D eigenvalue weighted by molar-refractivity contribution is 5.83. The Morgan fingerprint density at radius 2 is 1.78 bits per heavy atom. The molecule has 4 N–H and O–H groups in total. The van der Waals surface area contributed by atoms with E-state index < -0.39 is 36.2 Å². The highest BCUT2D eigenvalue weighted by Gasteiger charge is 2.45. The van der Waals surface area contributed by atoms with Crippen LogP contribution in [-0.2, 0) is 4.79 Å². The standard InChI is InChI=1S/C15H21F3N2O3/c1-8(2)12(13(21)15(16,17)18)20-14(22)11(19)9-4-6-10(23-3)7-5-9/h4-8,11-13,21H,19H2,1-3H3,(H,20,22)/t11-,12-,13-/m0/s1. The number of methoxy groups -OCH3 is 1. The zero-order valence-electron chi connectivity index (χ0n) is 13.1. The molecule has 5 nitrogen and oxygen atoms in total. The molecule has 0 aliphatic carbocycles. The van der Waals surface area contributed by atoms with E-state index in [0.717, 1.165) is 0 Å². The molecule has 0 heterocycles. The van der Waals surface area contributed by atoms with E-state index in [4.69, 9.17) is 10.5 Å². The number of rotatable bonds is 6. The molecular weight excluding hydrogens is 313 g/mol. The lowest BCUT2D eigenvalue weighted by molar-refractivity contribution is -0.215. The van der Waals surface area contributed by atoms with Gasteiger partial charge in [0.2, 0.25) is 5.91 Å². The van der Waals surface area contributed by atoms with Crippen molar-refractivity contribution in [3.8, 4) is 5.75 Å². The van der Waals surface area contributed by atoms with Crippen LogP contribution in [-0.4, -0.2) is 36.4 Å². The second kappa shape index (κ2) is 7.65. The van der Waals surface area contributed by atoms with Gasteiger partial charge in [0.25, 0.3) is 0 Å². The highest BCUT2D eigenvalue weighted by atomic mass is 19.4. The Morgan fingerprint density at radius 3 is 2.17 bits per heavy atom. The predicted octanol–water partition coefficient (Wildman–Crippen LogP) is 1.76. The minimum absolute atomic E-state index is 0.423. The molecule has 130 valence electrons. The van der Waals surface area contributed by atoms with Crippen LogP contribution in [0.2, 0.25) is 0 Å². The van der Waals surface area contributed by atoms with Crippen molar-refractivity contribution >= 4 is 5.91 Å². The molecule has 0 aliphatic rings. The molecule has 0 radical (unpaired) electrons. The lowest BCUT2D eigenvalue weighted by Crippen LogP contribution is -2.54. The lowest BCUT2D eigenvalue weighted by Gasteiger charge is -2.29. The Morgan fingerprint density at radius 1 is 1.26 bits per heavy atom. The van der Waals surface area contributed by atoms with Crippen LogP contribution in [0, 0.1) is 5.92 Å². The van der Waals surface area contributed by atoms with Gasteiger partial charge in [-0.05, 0) is 23.6 Å². The van der Waals surface area contributed by atoms with Gasteiger partial charge in [0.1, 0.15) is 11.8 Å². The van der Waals surface area contributed by atoms with E-state index in [2.05, 4.69) is 5.32 Å². The number of aliphatic hydroxyl groups is 1. The highest BCUT2D eigenvalue weighted by Crippen LogP contribution is 2.26. The molecule has 1 aromatic rings. The SMILES string of the molecule is COc1ccc([C@H](N)C(=O)N[C@@H](C(C)C)[C@H](O)C(F)(F)F)cc1. The van der Waals surface area contributed by atoms with Gasteiger partial charge in [-0.25, -0.2) is 0 Å². The summed E-state index contributed by atoms with van der Waals surface area (Å²) in [5.74, 6) is -0.857. The number of carbonyl (C=O) groups excluding carboxylic acids is 1.